The molecule has 1 aromatic heterocycles. The van der Waals surface area contributed by atoms with Crippen LogP contribution in [0.2, 0.25) is 0 Å². The summed E-state index contributed by atoms with van der Waals surface area (Å²) in [6.45, 7) is 2.56. The summed E-state index contributed by atoms with van der Waals surface area (Å²) in [6, 6.07) is 12.9. The van der Waals surface area contributed by atoms with Crippen molar-refractivity contribution in [2.24, 2.45) is 0 Å². The van der Waals surface area contributed by atoms with E-state index in [0.717, 1.165) is 22.5 Å². The highest BCUT2D eigenvalue weighted by Crippen LogP contribution is 2.14. The molecule has 2 aromatic carbocycles. The molecular formula is C19H18FN5O2S. The molecule has 3 N–H and O–H groups in total. The average molecular weight is 399 g/mol. The second-order valence-corrected chi connectivity index (χ2v) is 7.05. The van der Waals surface area contributed by atoms with Gasteiger partial charge < -0.3 is 16.0 Å². The number of benzene rings is 2. The standard InChI is InChI=1S/C19H18FN5O2S/c1-12-2-4-13(5-3-12)10-21-19(27)22-11-16-24-25-18(28-16)17(26)23-15-8-6-14(20)7-9-15/h2-9H,10-11H2,1H3,(H,23,26)(H2,21,22,27). The molecule has 0 radical (unpaired) electrons. The first-order chi connectivity index (χ1) is 13.5. The number of rotatable bonds is 6. The molecule has 0 atom stereocenters. The maximum absolute atomic E-state index is 12.9. The lowest BCUT2D eigenvalue weighted by atomic mass is 10.1. The summed E-state index contributed by atoms with van der Waals surface area (Å²) in [5, 5.41) is 16.4. The van der Waals surface area contributed by atoms with Crippen molar-refractivity contribution in [3.8, 4) is 0 Å². The molecule has 0 saturated heterocycles. The molecule has 0 fully saturated rings. The van der Waals surface area contributed by atoms with Crippen LogP contribution in [0.5, 0.6) is 0 Å². The smallest absolute Gasteiger partial charge is 0.315 e. The molecule has 0 aliphatic rings. The van der Waals surface area contributed by atoms with E-state index in [-0.39, 0.29) is 23.4 Å². The average Bonchev–Trinajstić information content (AvgIpc) is 3.17. The molecule has 0 aliphatic heterocycles. The monoisotopic (exact) mass is 399 g/mol. The zero-order valence-corrected chi connectivity index (χ0v) is 15.8. The Morgan fingerprint density at radius 1 is 0.964 bits per heavy atom. The molecular weight excluding hydrogens is 381 g/mol. The van der Waals surface area contributed by atoms with Crippen molar-refractivity contribution >= 4 is 29.0 Å². The number of anilines is 1. The van der Waals surface area contributed by atoms with Gasteiger partial charge in [-0.2, -0.15) is 0 Å². The van der Waals surface area contributed by atoms with Crippen LogP contribution < -0.4 is 16.0 Å². The number of nitrogens with zero attached hydrogens (tertiary/aromatic N) is 2. The summed E-state index contributed by atoms with van der Waals surface area (Å²) in [5.74, 6) is -0.831. The highest BCUT2D eigenvalue weighted by Gasteiger charge is 2.13. The summed E-state index contributed by atoms with van der Waals surface area (Å²) in [5.41, 5.74) is 2.61. The third-order valence-electron chi connectivity index (χ3n) is 3.74. The summed E-state index contributed by atoms with van der Waals surface area (Å²) in [6.07, 6.45) is 0. The van der Waals surface area contributed by atoms with Gasteiger partial charge in [-0.05, 0) is 36.8 Å². The number of carbonyl (C=O) groups excluding carboxylic acids is 2. The number of aromatic nitrogens is 2. The minimum absolute atomic E-state index is 0.154. The second kappa shape index (κ2) is 9.05. The summed E-state index contributed by atoms with van der Waals surface area (Å²) in [4.78, 5) is 24.0. The molecule has 1 heterocycles. The first kappa shape index (κ1) is 19.4. The molecule has 0 unspecified atom stereocenters. The SMILES string of the molecule is Cc1ccc(CNC(=O)NCc2nnc(C(=O)Nc3ccc(F)cc3)s2)cc1. The van der Waals surface area contributed by atoms with Crippen LogP contribution in [0.4, 0.5) is 14.9 Å². The maximum atomic E-state index is 12.9. The fourth-order valence-electron chi connectivity index (χ4n) is 2.24. The van der Waals surface area contributed by atoms with Crippen molar-refractivity contribution < 1.29 is 14.0 Å². The Morgan fingerprint density at radius 2 is 1.64 bits per heavy atom. The number of halogens is 1. The van der Waals surface area contributed by atoms with E-state index in [1.54, 1.807) is 0 Å². The molecule has 0 bridgehead atoms. The van der Waals surface area contributed by atoms with Crippen LogP contribution in [0.3, 0.4) is 0 Å². The predicted octanol–water partition coefficient (Wildman–Crippen LogP) is 3.24. The lowest BCUT2D eigenvalue weighted by Crippen LogP contribution is -2.34. The number of hydrogen-bond acceptors (Lipinski definition) is 5. The van der Waals surface area contributed by atoms with E-state index >= 15 is 0 Å². The summed E-state index contributed by atoms with van der Waals surface area (Å²) < 4.78 is 12.9. The largest absolute Gasteiger partial charge is 0.334 e. The third kappa shape index (κ3) is 5.58. The van der Waals surface area contributed by atoms with Crippen molar-refractivity contribution in [2.45, 2.75) is 20.0 Å². The van der Waals surface area contributed by atoms with Gasteiger partial charge in [0.05, 0.1) is 6.54 Å². The predicted molar refractivity (Wildman–Crippen MR) is 105 cm³/mol. The van der Waals surface area contributed by atoms with Crippen molar-refractivity contribution in [3.63, 3.8) is 0 Å². The Kier molecular flexibility index (Phi) is 6.28. The van der Waals surface area contributed by atoms with E-state index in [1.807, 2.05) is 31.2 Å². The lowest BCUT2D eigenvalue weighted by molar-refractivity contribution is 0.102. The number of carbonyl (C=O) groups is 2. The molecule has 3 aromatic rings. The van der Waals surface area contributed by atoms with Crippen LogP contribution in [-0.4, -0.2) is 22.1 Å². The van der Waals surface area contributed by atoms with Gasteiger partial charge >= 0.3 is 6.03 Å². The zero-order chi connectivity index (χ0) is 19.9. The van der Waals surface area contributed by atoms with Crippen molar-refractivity contribution in [1.82, 2.24) is 20.8 Å². The second-order valence-electron chi connectivity index (χ2n) is 5.98. The molecule has 7 nitrogen and oxygen atoms in total. The van der Waals surface area contributed by atoms with Crippen LogP contribution in [0.1, 0.15) is 25.9 Å². The van der Waals surface area contributed by atoms with E-state index in [1.165, 1.54) is 24.3 Å². The fourth-order valence-corrected chi connectivity index (χ4v) is 2.92. The van der Waals surface area contributed by atoms with Gasteiger partial charge in [-0.15, -0.1) is 10.2 Å². The first-order valence-electron chi connectivity index (χ1n) is 8.46. The molecule has 144 valence electrons. The number of aryl methyl sites for hydroxylation is 1. The van der Waals surface area contributed by atoms with Gasteiger partial charge in [-0.3, -0.25) is 4.79 Å². The van der Waals surface area contributed by atoms with Crippen molar-refractivity contribution in [3.05, 3.63) is 75.5 Å². The van der Waals surface area contributed by atoms with E-state index in [9.17, 15) is 14.0 Å². The molecule has 9 heteroatoms. The lowest BCUT2D eigenvalue weighted by Gasteiger charge is -2.06. The van der Waals surface area contributed by atoms with Crippen LogP contribution in [-0.2, 0) is 13.1 Å². The Bertz CT molecular complexity index is 957. The minimum Gasteiger partial charge on any atom is -0.334 e. The van der Waals surface area contributed by atoms with Gasteiger partial charge in [0.1, 0.15) is 10.8 Å². The maximum Gasteiger partial charge on any atom is 0.315 e. The number of amides is 3. The summed E-state index contributed by atoms with van der Waals surface area (Å²) >= 11 is 1.07. The Morgan fingerprint density at radius 3 is 2.36 bits per heavy atom. The molecule has 0 aliphatic carbocycles. The number of urea groups is 1. The highest BCUT2D eigenvalue weighted by atomic mass is 32.1. The quantitative estimate of drug-likeness (QED) is 0.593. The van der Waals surface area contributed by atoms with Crippen LogP contribution >= 0.6 is 11.3 Å². The first-order valence-corrected chi connectivity index (χ1v) is 9.28. The van der Waals surface area contributed by atoms with Crippen LogP contribution in [0.15, 0.2) is 48.5 Å². The van der Waals surface area contributed by atoms with Gasteiger partial charge in [0.25, 0.3) is 5.91 Å². The van der Waals surface area contributed by atoms with Gasteiger partial charge in [-0.1, -0.05) is 41.2 Å². The molecule has 0 saturated carbocycles. The topological polar surface area (TPSA) is 96.0 Å². The van der Waals surface area contributed by atoms with E-state index in [4.69, 9.17) is 0 Å². The van der Waals surface area contributed by atoms with E-state index in [2.05, 4.69) is 26.1 Å². The van der Waals surface area contributed by atoms with E-state index < -0.39 is 5.91 Å². The van der Waals surface area contributed by atoms with Gasteiger partial charge in [0, 0.05) is 12.2 Å². The van der Waals surface area contributed by atoms with Crippen molar-refractivity contribution in [1.29, 1.82) is 0 Å². The van der Waals surface area contributed by atoms with Gasteiger partial charge in [0.15, 0.2) is 0 Å². The van der Waals surface area contributed by atoms with Crippen LogP contribution in [0, 0.1) is 12.7 Å². The van der Waals surface area contributed by atoms with Gasteiger partial charge in [0.2, 0.25) is 5.01 Å². The molecule has 0 spiro atoms. The number of hydrogen-bond donors (Lipinski definition) is 3. The third-order valence-corrected chi connectivity index (χ3v) is 4.66. The zero-order valence-electron chi connectivity index (χ0n) is 15.0. The Hall–Kier alpha value is -3.33. The fraction of sp³-hybridized carbons (Fsp3) is 0.158. The molecule has 3 amide bonds. The molecule has 28 heavy (non-hydrogen) atoms. The Balaban J connectivity index is 1.45. The molecule has 3 rings (SSSR count). The minimum atomic E-state index is -0.445. The number of nitrogens with one attached hydrogen (secondary N) is 3. The van der Waals surface area contributed by atoms with Crippen molar-refractivity contribution in [2.75, 3.05) is 5.32 Å². The van der Waals surface area contributed by atoms with E-state index in [0.29, 0.717) is 17.2 Å². The van der Waals surface area contributed by atoms with Crippen LogP contribution in [0.25, 0.3) is 0 Å². The van der Waals surface area contributed by atoms with Gasteiger partial charge in [-0.25, -0.2) is 9.18 Å². The highest BCUT2D eigenvalue weighted by molar-refractivity contribution is 7.13. The summed E-state index contributed by atoms with van der Waals surface area (Å²) in [7, 11) is 0. The Labute approximate surface area is 165 Å². The normalized spacial score (nSPS) is 10.4.